The van der Waals surface area contributed by atoms with Gasteiger partial charge in [0.1, 0.15) is 6.07 Å². The van der Waals surface area contributed by atoms with E-state index in [9.17, 15) is 5.26 Å². The van der Waals surface area contributed by atoms with Crippen molar-refractivity contribution in [3.8, 4) is 6.07 Å². The van der Waals surface area contributed by atoms with E-state index in [2.05, 4.69) is 18.3 Å². The Morgan fingerprint density at radius 3 is 2.94 bits per heavy atom. The normalized spacial score (nSPS) is 14.4. The maximum absolute atomic E-state index is 9.24. The second-order valence-electron chi connectivity index (χ2n) is 4.38. The number of hydrogen-bond acceptors (Lipinski definition) is 3. The molecule has 0 amide bonds. The van der Waals surface area contributed by atoms with Gasteiger partial charge in [0.05, 0.1) is 11.3 Å². The van der Waals surface area contributed by atoms with Gasteiger partial charge < -0.3 is 5.32 Å². The lowest BCUT2D eigenvalue weighted by molar-refractivity contribution is 0.760. The third-order valence-electron chi connectivity index (χ3n) is 3.00. The van der Waals surface area contributed by atoms with Gasteiger partial charge >= 0.3 is 0 Å². The summed E-state index contributed by atoms with van der Waals surface area (Å²) in [6, 6.07) is 8.38. The fraction of sp³-hybridized carbons (Fsp3) is 0.500. The Kier molecular flexibility index (Phi) is 4.33. The largest absolute Gasteiger partial charge is 0.384 e. The molecule has 1 N–H and O–H groups in total. The Labute approximate surface area is 107 Å². The predicted molar refractivity (Wildman–Crippen MR) is 73.4 cm³/mol. The van der Waals surface area contributed by atoms with Crippen LogP contribution >= 0.6 is 11.8 Å². The van der Waals surface area contributed by atoms with E-state index in [1.54, 1.807) is 11.8 Å². The van der Waals surface area contributed by atoms with E-state index in [0.29, 0.717) is 0 Å². The number of rotatable bonds is 6. The van der Waals surface area contributed by atoms with Crippen LogP contribution in [0.1, 0.15) is 31.7 Å². The van der Waals surface area contributed by atoms with E-state index in [1.165, 1.54) is 19.3 Å². The number of nitriles is 1. The maximum atomic E-state index is 9.24. The Balaban J connectivity index is 2.03. The lowest BCUT2D eigenvalue weighted by Gasteiger charge is -2.10. The summed E-state index contributed by atoms with van der Waals surface area (Å²) in [6.07, 6.45) is 4.01. The Morgan fingerprint density at radius 2 is 2.29 bits per heavy atom. The zero-order valence-corrected chi connectivity index (χ0v) is 11.0. The molecule has 0 atom stereocenters. The Hall–Kier alpha value is -1.14. The SMILES string of the molecule is CCSc1cccc(NCCC2CC2)c1C#N. The summed E-state index contributed by atoms with van der Waals surface area (Å²) < 4.78 is 0. The van der Waals surface area contributed by atoms with Gasteiger partial charge in [0.25, 0.3) is 0 Å². The molecule has 0 aliphatic heterocycles. The van der Waals surface area contributed by atoms with Crippen LogP contribution in [0.2, 0.25) is 0 Å². The van der Waals surface area contributed by atoms with Crippen LogP contribution in [0.4, 0.5) is 5.69 Å². The third kappa shape index (κ3) is 3.41. The fourth-order valence-electron chi connectivity index (χ4n) is 1.89. The van der Waals surface area contributed by atoms with Crippen LogP contribution in [0.25, 0.3) is 0 Å². The number of nitrogens with zero attached hydrogens (tertiary/aromatic N) is 1. The summed E-state index contributed by atoms with van der Waals surface area (Å²) in [5, 5.41) is 12.6. The molecule has 1 aliphatic carbocycles. The molecule has 1 fully saturated rings. The van der Waals surface area contributed by atoms with Gasteiger partial charge in [-0.25, -0.2) is 0 Å². The van der Waals surface area contributed by atoms with Crippen molar-refractivity contribution in [2.24, 2.45) is 5.92 Å². The van der Waals surface area contributed by atoms with E-state index in [4.69, 9.17) is 0 Å². The van der Waals surface area contributed by atoms with Gasteiger partial charge in [0.15, 0.2) is 0 Å². The van der Waals surface area contributed by atoms with Crippen molar-refractivity contribution < 1.29 is 0 Å². The monoisotopic (exact) mass is 246 g/mol. The average Bonchev–Trinajstić information content (AvgIpc) is 3.14. The van der Waals surface area contributed by atoms with E-state index in [-0.39, 0.29) is 0 Å². The van der Waals surface area contributed by atoms with E-state index >= 15 is 0 Å². The Bertz CT molecular complexity index is 419. The maximum Gasteiger partial charge on any atom is 0.102 e. The van der Waals surface area contributed by atoms with Crippen molar-refractivity contribution in [2.45, 2.75) is 31.1 Å². The zero-order chi connectivity index (χ0) is 12.1. The molecule has 2 rings (SSSR count). The minimum absolute atomic E-state index is 0.801. The highest BCUT2D eigenvalue weighted by Crippen LogP contribution is 2.33. The molecule has 0 spiro atoms. The summed E-state index contributed by atoms with van der Waals surface area (Å²) in [7, 11) is 0. The molecule has 17 heavy (non-hydrogen) atoms. The highest BCUT2D eigenvalue weighted by Gasteiger charge is 2.20. The van der Waals surface area contributed by atoms with E-state index in [0.717, 1.165) is 34.4 Å². The quantitative estimate of drug-likeness (QED) is 0.774. The van der Waals surface area contributed by atoms with Crippen molar-refractivity contribution >= 4 is 17.4 Å². The number of thioether (sulfide) groups is 1. The number of benzene rings is 1. The smallest absolute Gasteiger partial charge is 0.102 e. The lowest BCUT2D eigenvalue weighted by atomic mass is 10.2. The van der Waals surface area contributed by atoms with Crippen molar-refractivity contribution in [3.05, 3.63) is 23.8 Å². The Morgan fingerprint density at radius 1 is 1.47 bits per heavy atom. The molecule has 0 aromatic heterocycles. The summed E-state index contributed by atoms with van der Waals surface area (Å²) >= 11 is 1.73. The second kappa shape index (κ2) is 5.97. The van der Waals surface area contributed by atoms with Crippen LogP contribution in [-0.2, 0) is 0 Å². The molecule has 90 valence electrons. The molecule has 2 nitrogen and oxygen atoms in total. The molecular weight excluding hydrogens is 228 g/mol. The van der Waals surface area contributed by atoms with Crippen molar-refractivity contribution in [3.63, 3.8) is 0 Å². The van der Waals surface area contributed by atoms with Gasteiger partial charge in [0.2, 0.25) is 0 Å². The van der Waals surface area contributed by atoms with Crippen LogP contribution in [-0.4, -0.2) is 12.3 Å². The van der Waals surface area contributed by atoms with E-state index in [1.807, 2.05) is 18.2 Å². The molecule has 1 aromatic rings. The molecule has 1 saturated carbocycles. The first kappa shape index (κ1) is 12.3. The first-order chi connectivity index (χ1) is 8.35. The third-order valence-corrected chi connectivity index (χ3v) is 3.94. The van der Waals surface area contributed by atoms with Gasteiger partial charge in [-0.3, -0.25) is 0 Å². The molecule has 0 radical (unpaired) electrons. The van der Waals surface area contributed by atoms with Crippen LogP contribution in [0.3, 0.4) is 0 Å². The molecule has 0 unspecified atom stereocenters. The summed E-state index contributed by atoms with van der Waals surface area (Å²) in [4.78, 5) is 1.09. The molecule has 0 bridgehead atoms. The van der Waals surface area contributed by atoms with Crippen LogP contribution in [0.5, 0.6) is 0 Å². The summed E-state index contributed by atoms with van der Waals surface area (Å²) in [5.41, 5.74) is 1.79. The van der Waals surface area contributed by atoms with Crippen molar-refractivity contribution in [1.29, 1.82) is 5.26 Å². The summed E-state index contributed by atoms with van der Waals surface area (Å²) in [5.74, 6) is 1.93. The van der Waals surface area contributed by atoms with Gasteiger partial charge in [-0.15, -0.1) is 11.8 Å². The first-order valence-electron chi connectivity index (χ1n) is 6.25. The fourth-order valence-corrected chi connectivity index (χ4v) is 2.67. The van der Waals surface area contributed by atoms with Crippen LogP contribution in [0, 0.1) is 17.2 Å². The highest BCUT2D eigenvalue weighted by atomic mass is 32.2. The standard InChI is InChI=1S/C14H18N2S/c1-2-17-14-5-3-4-13(12(14)10-15)16-9-8-11-6-7-11/h3-5,11,16H,2,6-9H2,1H3. The van der Waals surface area contributed by atoms with Crippen LogP contribution in [0.15, 0.2) is 23.1 Å². The molecule has 1 aliphatic rings. The minimum atomic E-state index is 0.801. The van der Waals surface area contributed by atoms with Crippen molar-refractivity contribution in [2.75, 3.05) is 17.6 Å². The molecule has 3 heteroatoms. The second-order valence-corrected chi connectivity index (χ2v) is 5.69. The molecule has 1 aromatic carbocycles. The van der Waals surface area contributed by atoms with Gasteiger partial charge in [-0.1, -0.05) is 25.8 Å². The zero-order valence-electron chi connectivity index (χ0n) is 10.2. The summed E-state index contributed by atoms with van der Waals surface area (Å²) in [6.45, 7) is 3.10. The number of nitrogens with one attached hydrogen (secondary N) is 1. The van der Waals surface area contributed by atoms with Gasteiger partial charge in [-0.05, 0) is 30.2 Å². The van der Waals surface area contributed by atoms with Crippen LogP contribution < -0.4 is 5.32 Å². The first-order valence-corrected chi connectivity index (χ1v) is 7.23. The molecule has 0 saturated heterocycles. The number of anilines is 1. The lowest BCUT2D eigenvalue weighted by Crippen LogP contribution is -2.04. The number of hydrogen-bond donors (Lipinski definition) is 1. The highest BCUT2D eigenvalue weighted by molar-refractivity contribution is 7.99. The molecular formula is C14H18N2S. The average molecular weight is 246 g/mol. The predicted octanol–water partition coefficient (Wildman–Crippen LogP) is 3.88. The molecule has 0 heterocycles. The topological polar surface area (TPSA) is 35.8 Å². The van der Waals surface area contributed by atoms with E-state index < -0.39 is 0 Å². The van der Waals surface area contributed by atoms with Crippen molar-refractivity contribution in [1.82, 2.24) is 0 Å². The minimum Gasteiger partial charge on any atom is -0.384 e. The van der Waals surface area contributed by atoms with Gasteiger partial charge in [0, 0.05) is 11.4 Å². The van der Waals surface area contributed by atoms with Gasteiger partial charge in [-0.2, -0.15) is 5.26 Å².